The minimum atomic E-state index is -3.65. The van der Waals surface area contributed by atoms with Crippen molar-refractivity contribution in [2.45, 2.75) is 37.6 Å². The number of nitrogens with zero attached hydrogens (tertiary/aromatic N) is 3. The van der Waals surface area contributed by atoms with Crippen LogP contribution in [0.5, 0.6) is 0 Å². The molecule has 0 aliphatic heterocycles. The van der Waals surface area contributed by atoms with Gasteiger partial charge in [0.15, 0.2) is 5.13 Å². The zero-order chi connectivity index (χ0) is 15.5. The minimum Gasteiger partial charge on any atom is -0.330 e. The molecule has 0 aliphatic carbocycles. The number of thiazole rings is 1. The standard InChI is InChI=1S/C12H19N5O2S2/c1-9(2)11-8-20-12(15-11)16-21(18,19)10-6-14-17(7-10)5-3-4-13/h6-9H,3-5,13H2,1-2H3,(H,15,16). The first-order chi connectivity index (χ1) is 9.92. The number of sulfonamides is 1. The smallest absolute Gasteiger partial charge is 0.266 e. The van der Waals surface area contributed by atoms with Crippen LogP contribution in [0.25, 0.3) is 0 Å². The van der Waals surface area contributed by atoms with Gasteiger partial charge in [0, 0.05) is 18.1 Å². The Balaban J connectivity index is 2.11. The first kappa shape index (κ1) is 15.9. The molecule has 0 atom stereocenters. The van der Waals surface area contributed by atoms with Gasteiger partial charge < -0.3 is 5.73 Å². The Labute approximate surface area is 128 Å². The van der Waals surface area contributed by atoms with Crippen LogP contribution in [-0.4, -0.2) is 29.7 Å². The molecule has 9 heteroatoms. The van der Waals surface area contributed by atoms with Gasteiger partial charge in [-0.25, -0.2) is 13.4 Å². The van der Waals surface area contributed by atoms with Crippen LogP contribution in [0.2, 0.25) is 0 Å². The molecule has 116 valence electrons. The van der Waals surface area contributed by atoms with Crippen molar-refractivity contribution >= 4 is 26.5 Å². The van der Waals surface area contributed by atoms with Crippen LogP contribution in [0.15, 0.2) is 22.7 Å². The van der Waals surface area contributed by atoms with Crippen molar-refractivity contribution in [1.82, 2.24) is 14.8 Å². The van der Waals surface area contributed by atoms with Crippen LogP contribution in [0.4, 0.5) is 5.13 Å². The van der Waals surface area contributed by atoms with Gasteiger partial charge in [0.05, 0.1) is 11.9 Å². The maximum Gasteiger partial charge on any atom is 0.266 e. The summed E-state index contributed by atoms with van der Waals surface area (Å²) >= 11 is 1.27. The Hall–Kier alpha value is -1.45. The molecule has 0 bridgehead atoms. The fraction of sp³-hybridized carbons (Fsp3) is 0.500. The van der Waals surface area contributed by atoms with Crippen LogP contribution in [0.1, 0.15) is 31.9 Å². The van der Waals surface area contributed by atoms with E-state index in [2.05, 4.69) is 14.8 Å². The van der Waals surface area contributed by atoms with Gasteiger partial charge in [0.25, 0.3) is 10.0 Å². The molecule has 0 saturated carbocycles. The summed E-state index contributed by atoms with van der Waals surface area (Å²) in [6, 6.07) is 0. The van der Waals surface area contributed by atoms with E-state index in [1.807, 2.05) is 19.2 Å². The maximum atomic E-state index is 12.2. The van der Waals surface area contributed by atoms with Crippen molar-refractivity contribution in [3.8, 4) is 0 Å². The van der Waals surface area contributed by atoms with E-state index in [1.165, 1.54) is 23.7 Å². The Morgan fingerprint density at radius 1 is 1.48 bits per heavy atom. The quantitative estimate of drug-likeness (QED) is 0.803. The van der Waals surface area contributed by atoms with Crippen LogP contribution < -0.4 is 10.5 Å². The third-order valence-electron chi connectivity index (χ3n) is 2.85. The predicted octanol–water partition coefficient (Wildman–Crippen LogP) is 1.61. The maximum absolute atomic E-state index is 12.2. The number of aromatic nitrogens is 3. The highest BCUT2D eigenvalue weighted by Gasteiger charge is 2.18. The molecule has 2 aromatic heterocycles. The summed E-state index contributed by atoms with van der Waals surface area (Å²) in [6.07, 6.45) is 3.57. The molecule has 0 aliphatic rings. The van der Waals surface area contributed by atoms with Crippen molar-refractivity contribution in [1.29, 1.82) is 0 Å². The Morgan fingerprint density at radius 3 is 2.86 bits per heavy atom. The molecule has 21 heavy (non-hydrogen) atoms. The average Bonchev–Trinajstić information content (AvgIpc) is 3.04. The fourth-order valence-corrected chi connectivity index (χ4v) is 3.71. The molecular formula is C12H19N5O2S2. The van der Waals surface area contributed by atoms with Crippen molar-refractivity contribution in [3.05, 3.63) is 23.5 Å². The number of aryl methyl sites for hydroxylation is 1. The summed E-state index contributed by atoms with van der Waals surface area (Å²) in [5.74, 6) is 0.263. The number of rotatable bonds is 7. The summed E-state index contributed by atoms with van der Waals surface area (Å²) in [5, 5.41) is 6.24. The van der Waals surface area contributed by atoms with Gasteiger partial charge in [-0.15, -0.1) is 11.3 Å². The third kappa shape index (κ3) is 4.02. The van der Waals surface area contributed by atoms with Gasteiger partial charge in [-0.05, 0) is 18.9 Å². The second-order valence-electron chi connectivity index (χ2n) is 4.92. The van der Waals surface area contributed by atoms with Gasteiger partial charge in [-0.2, -0.15) is 5.10 Å². The van der Waals surface area contributed by atoms with Gasteiger partial charge in [0.1, 0.15) is 4.90 Å². The van der Waals surface area contributed by atoms with E-state index in [9.17, 15) is 8.42 Å². The first-order valence-electron chi connectivity index (χ1n) is 6.63. The van der Waals surface area contributed by atoms with E-state index in [1.54, 1.807) is 4.68 Å². The monoisotopic (exact) mass is 329 g/mol. The van der Waals surface area contributed by atoms with Crippen molar-refractivity contribution < 1.29 is 8.42 Å². The molecule has 2 aromatic rings. The molecule has 3 N–H and O–H groups in total. The number of hydrogen-bond donors (Lipinski definition) is 2. The lowest BCUT2D eigenvalue weighted by atomic mass is 10.2. The highest BCUT2D eigenvalue weighted by Crippen LogP contribution is 2.23. The van der Waals surface area contributed by atoms with Gasteiger partial charge in [0.2, 0.25) is 0 Å². The molecule has 0 radical (unpaired) electrons. The van der Waals surface area contributed by atoms with E-state index in [0.717, 1.165) is 12.1 Å². The molecular weight excluding hydrogens is 310 g/mol. The van der Waals surface area contributed by atoms with Crippen LogP contribution in [0.3, 0.4) is 0 Å². The van der Waals surface area contributed by atoms with Crippen LogP contribution in [0, 0.1) is 0 Å². The second kappa shape index (κ2) is 6.54. The zero-order valence-electron chi connectivity index (χ0n) is 12.0. The largest absolute Gasteiger partial charge is 0.330 e. The summed E-state index contributed by atoms with van der Waals surface area (Å²) in [5.41, 5.74) is 6.29. The Morgan fingerprint density at radius 2 is 2.24 bits per heavy atom. The summed E-state index contributed by atoms with van der Waals surface area (Å²) in [7, 11) is -3.65. The second-order valence-corrected chi connectivity index (χ2v) is 7.46. The normalized spacial score (nSPS) is 12.0. The molecule has 0 spiro atoms. The molecule has 0 aromatic carbocycles. The van der Waals surface area contributed by atoms with E-state index in [0.29, 0.717) is 18.2 Å². The zero-order valence-corrected chi connectivity index (χ0v) is 13.6. The lowest BCUT2D eigenvalue weighted by Gasteiger charge is -2.02. The molecule has 0 unspecified atom stereocenters. The van der Waals surface area contributed by atoms with E-state index >= 15 is 0 Å². The number of hydrogen-bond acceptors (Lipinski definition) is 6. The van der Waals surface area contributed by atoms with Crippen LogP contribution in [-0.2, 0) is 16.6 Å². The first-order valence-corrected chi connectivity index (χ1v) is 8.99. The highest BCUT2D eigenvalue weighted by molar-refractivity contribution is 7.93. The summed E-state index contributed by atoms with van der Waals surface area (Å²) in [6.45, 7) is 5.15. The summed E-state index contributed by atoms with van der Waals surface area (Å²) < 4.78 is 28.5. The average molecular weight is 329 g/mol. The number of anilines is 1. The van der Waals surface area contributed by atoms with Gasteiger partial charge in [-0.3, -0.25) is 9.40 Å². The Bertz CT molecular complexity index is 690. The molecule has 2 heterocycles. The number of nitrogens with two attached hydrogens (primary N) is 1. The van der Waals surface area contributed by atoms with Crippen LogP contribution >= 0.6 is 11.3 Å². The third-order valence-corrected chi connectivity index (χ3v) is 5.05. The van der Waals surface area contributed by atoms with Crippen molar-refractivity contribution in [3.63, 3.8) is 0 Å². The highest BCUT2D eigenvalue weighted by atomic mass is 32.2. The molecule has 2 rings (SSSR count). The molecule has 7 nitrogen and oxygen atoms in total. The van der Waals surface area contributed by atoms with E-state index in [-0.39, 0.29) is 10.8 Å². The summed E-state index contributed by atoms with van der Waals surface area (Å²) in [4.78, 5) is 4.39. The van der Waals surface area contributed by atoms with Gasteiger partial charge in [-0.1, -0.05) is 13.8 Å². The molecule has 0 amide bonds. The lowest BCUT2D eigenvalue weighted by Crippen LogP contribution is -2.12. The fourth-order valence-electron chi connectivity index (χ4n) is 1.63. The Kier molecular flexibility index (Phi) is 4.96. The predicted molar refractivity (Wildman–Crippen MR) is 82.9 cm³/mol. The van der Waals surface area contributed by atoms with E-state index < -0.39 is 10.0 Å². The minimum absolute atomic E-state index is 0.126. The SMILES string of the molecule is CC(C)c1csc(NS(=O)(=O)c2cnn(CCCN)c2)n1. The van der Waals surface area contributed by atoms with Crippen molar-refractivity contribution in [2.75, 3.05) is 11.3 Å². The van der Waals surface area contributed by atoms with E-state index in [4.69, 9.17) is 5.73 Å². The molecule has 0 fully saturated rings. The van der Waals surface area contributed by atoms with Gasteiger partial charge >= 0.3 is 0 Å². The number of nitrogens with one attached hydrogen (secondary N) is 1. The lowest BCUT2D eigenvalue weighted by molar-refractivity contribution is 0.582. The van der Waals surface area contributed by atoms with Crippen molar-refractivity contribution in [2.24, 2.45) is 5.73 Å². The molecule has 0 saturated heterocycles. The topological polar surface area (TPSA) is 103 Å².